The zero-order chi connectivity index (χ0) is 36.5. The van der Waals surface area contributed by atoms with Crippen molar-refractivity contribution in [3.63, 3.8) is 0 Å². The predicted octanol–water partition coefficient (Wildman–Crippen LogP) is 5.42. The number of ether oxygens (including phenoxy) is 4. The fourth-order valence-corrected chi connectivity index (χ4v) is 4.29. The molecular formula is C36H46N4O10. The van der Waals surface area contributed by atoms with Gasteiger partial charge in [-0.1, -0.05) is 27.7 Å². The lowest BCUT2D eigenvalue weighted by atomic mass is 10.1. The number of benzene rings is 3. The van der Waals surface area contributed by atoms with Crippen molar-refractivity contribution in [1.29, 1.82) is 0 Å². The molecular weight excluding hydrogens is 648 g/mol. The molecule has 0 spiro atoms. The monoisotopic (exact) mass is 694 g/mol. The number of aliphatic hydroxyl groups is 2. The third kappa shape index (κ3) is 12.1. The first-order chi connectivity index (χ1) is 24.2. The molecule has 0 radical (unpaired) electrons. The van der Waals surface area contributed by atoms with Crippen LogP contribution >= 0.6 is 0 Å². The van der Waals surface area contributed by atoms with Crippen molar-refractivity contribution >= 4 is 17.6 Å². The van der Waals surface area contributed by atoms with Gasteiger partial charge in [0.15, 0.2) is 11.6 Å². The van der Waals surface area contributed by atoms with Crippen LogP contribution in [0.15, 0.2) is 60.7 Å². The lowest BCUT2D eigenvalue weighted by molar-refractivity contribution is 0.0123. The minimum absolute atomic E-state index is 0.0439. The van der Waals surface area contributed by atoms with Gasteiger partial charge in [-0.15, -0.1) is 0 Å². The zero-order valence-electron chi connectivity index (χ0n) is 28.7. The molecule has 14 nitrogen and oxygen atoms in total. The summed E-state index contributed by atoms with van der Waals surface area (Å²) in [7, 11) is 0. The van der Waals surface area contributed by atoms with Gasteiger partial charge in [-0.05, 0) is 61.4 Å². The van der Waals surface area contributed by atoms with Crippen LogP contribution in [-0.4, -0.2) is 98.3 Å². The smallest absolute Gasteiger partial charge is 0.335 e. The molecule has 4 rings (SSSR count). The van der Waals surface area contributed by atoms with Crippen LogP contribution < -0.4 is 14.8 Å². The number of phenolic OH excluding ortho intramolecular Hbond substituents is 2. The largest absolute Gasteiger partial charge is 0.507 e. The number of carboxylic acids is 1. The number of hydrogen-bond donors (Lipinski definition) is 6. The maximum absolute atomic E-state index is 11.3. The van der Waals surface area contributed by atoms with Gasteiger partial charge in [-0.2, -0.15) is 9.97 Å². The van der Waals surface area contributed by atoms with E-state index in [4.69, 9.17) is 18.9 Å². The minimum atomic E-state index is -1.07. The number of aromatic carboxylic acids is 1. The van der Waals surface area contributed by atoms with E-state index in [-0.39, 0.29) is 72.2 Å². The number of rotatable bonds is 19. The second-order valence-electron chi connectivity index (χ2n) is 10.8. The number of phenols is 2. The molecule has 6 N–H and O–H groups in total. The first-order valence-corrected chi connectivity index (χ1v) is 16.5. The van der Waals surface area contributed by atoms with Crippen molar-refractivity contribution in [3.8, 4) is 45.8 Å². The Kier molecular flexibility index (Phi) is 16.1. The van der Waals surface area contributed by atoms with Gasteiger partial charge in [0, 0.05) is 31.0 Å². The van der Waals surface area contributed by atoms with E-state index in [0.29, 0.717) is 30.4 Å². The average molecular weight is 695 g/mol. The van der Waals surface area contributed by atoms with E-state index in [0.717, 1.165) is 12.8 Å². The molecule has 2 atom stereocenters. The van der Waals surface area contributed by atoms with E-state index in [1.165, 1.54) is 24.3 Å². The van der Waals surface area contributed by atoms with Gasteiger partial charge in [-0.3, -0.25) is 0 Å². The molecule has 0 amide bonds. The predicted molar refractivity (Wildman–Crippen MR) is 187 cm³/mol. The molecule has 0 aliphatic rings. The van der Waals surface area contributed by atoms with Crippen molar-refractivity contribution in [1.82, 2.24) is 15.0 Å². The van der Waals surface area contributed by atoms with Gasteiger partial charge in [0.05, 0.1) is 29.9 Å². The summed E-state index contributed by atoms with van der Waals surface area (Å²) in [6.45, 7) is 9.14. The molecule has 1 heterocycles. The summed E-state index contributed by atoms with van der Waals surface area (Å²) in [6, 6.07) is 14.9. The second kappa shape index (κ2) is 20.5. The van der Waals surface area contributed by atoms with Gasteiger partial charge in [-0.25, -0.2) is 9.78 Å². The standard InChI is InChI=1S/C34H40N4O10.C2H6/c1-3-13-45-17-23(39)19-47-25-9-11-27(29(41)15-25)31-36-32(38-34(37-31)35-22-7-5-21(6-8-22)33(43)44)28-12-10-26(16-30(28)42)48-20-24(40)18-46-14-4-2;1-2/h5-12,15-16,23-24,39-42H,3-4,13-14,17-20H2,1-2H3,(H,43,44)(H,35,36,37,38);1-2H3. The number of carboxylic acid groups (broad SMARTS) is 1. The first kappa shape index (κ1) is 39.4. The Morgan fingerprint density at radius 3 is 1.56 bits per heavy atom. The summed E-state index contributed by atoms with van der Waals surface area (Å²) < 4.78 is 21.9. The highest BCUT2D eigenvalue weighted by atomic mass is 16.5. The minimum Gasteiger partial charge on any atom is -0.507 e. The van der Waals surface area contributed by atoms with Crippen molar-refractivity contribution in [2.24, 2.45) is 0 Å². The maximum Gasteiger partial charge on any atom is 0.335 e. The van der Waals surface area contributed by atoms with Crippen LogP contribution in [0.25, 0.3) is 22.8 Å². The van der Waals surface area contributed by atoms with E-state index in [1.807, 2.05) is 27.7 Å². The van der Waals surface area contributed by atoms with E-state index in [1.54, 1.807) is 36.4 Å². The molecule has 0 fully saturated rings. The number of aromatic nitrogens is 3. The van der Waals surface area contributed by atoms with Crippen LogP contribution in [-0.2, 0) is 9.47 Å². The second-order valence-corrected chi connectivity index (χ2v) is 10.8. The summed E-state index contributed by atoms with van der Waals surface area (Å²) in [4.78, 5) is 24.7. The number of aliphatic hydroxyl groups excluding tert-OH is 2. The molecule has 1 aromatic heterocycles. The van der Waals surface area contributed by atoms with E-state index >= 15 is 0 Å². The SMILES string of the molecule is CC.CCCOCC(O)COc1ccc(-c2nc(Nc3ccc(C(=O)O)cc3)nc(-c3ccc(OCC(O)COCCC)cc3O)n2)c(O)c1. The highest BCUT2D eigenvalue weighted by Crippen LogP contribution is 2.35. The molecule has 2 unspecified atom stereocenters. The summed E-state index contributed by atoms with van der Waals surface area (Å²) >= 11 is 0. The van der Waals surface area contributed by atoms with Crippen LogP contribution in [0.5, 0.6) is 23.0 Å². The van der Waals surface area contributed by atoms with Gasteiger partial charge in [0.1, 0.15) is 48.4 Å². The lowest BCUT2D eigenvalue weighted by Crippen LogP contribution is -2.23. The number of anilines is 2. The molecule has 50 heavy (non-hydrogen) atoms. The number of carbonyl (C=O) groups is 1. The molecule has 0 saturated carbocycles. The Hall–Kier alpha value is -5.02. The van der Waals surface area contributed by atoms with Gasteiger partial charge in [0.25, 0.3) is 0 Å². The quantitative estimate of drug-likeness (QED) is 0.0679. The van der Waals surface area contributed by atoms with Crippen molar-refractivity contribution in [2.75, 3.05) is 45.0 Å². The molecule has 0 aliphatic heterocycles. The Balaban J connectivity index is 0.00000332. The number of aromatic hydroxyl groups is 2. The van der Waals surface area contributed by atoms with Crippen LogP contribution in [0.3, 0.4) is 0 Å². The zero-order valence-corrected chi connectivity index (χ0v) is 28.7. The summed E-state index contributed by atoms with van der Waals surface area (Å²) in [5.74, 6) is -0.758. The van der Waals surface area contributed by atoms with Crippen molar-refractivity contribution in [2.45, 2.75) is 52.7 Å². The topological polar surface area (TPSA) is 206 Å². The van der Waals surface area contributed by atoms with E-state index in [9.17, 15) is 30.3 Å². The van der Waals surface area contributed by atoms with Crippen LogP contribution in [0.4, 0.5) is 11.6 Å². The molecule has 0 aliphatic carbocycles. The van der Waals surface area contributed by atoms with Gasteiger partial charge >= 0.3 is 5.97 Å². The van der Waals surface area contributed by atoms with Gasteiger partial charge in [0.2, 0.25) is 5.95 Å². The maximum atomic E-state index is 11.3. The third-order valence-corrected chi connectivity index (χ3v) is 6.65. The molecule has 14 heteroatoms. The molecule has 4 aromatic rings. The first-order valence-electron chi connectivity index (χ1n) is 16.5. The van der Waals surface area contributed by atoms with E-state index in [2.05, 4.69) is 20.3 Å². The lowest BCUT2D eigenvalue weighted by Gasteiger charge is -2.15. The molecule has 270 valence electrons. The van der Waals surface area contributed by atoms with Crippen molar-refractivity contribution < 1.29 is 49.3 Å². The third-order valence-electron chi connectivity index (χ3n) is 6.65. The number of nitrogens with one attached hydrogen (secondary N) is 1. The van der Waals surface area contributed by atoms with Crippen LogP contribution in [0.2, 0.25) is 0 Å². The van der Waals surface area contributed by atoms with E-state index < -0.39 is 18.2 Å². The molecule has 3 aromatic carbocycles. The Morgan fingerprint density at radius 2 is 1.16 bits per heavy atom. The Morgan fingerprint density at radius 1 is 0.700 bits per heavy atom. The van der Waals surface area contributed by atoms with Crippen molar-refractivity contribution in [3.05, 3.63) is 66.2 Å². The highest BCUT2D eigenvalue weighted by molar-refractivity contribution is 5.88. The fraction of sp³-hybridized carbons (Fsp3) is 0.389. The Bertz CT molecular complexity index is 1550. The van der Waals surface area contributed by atoms with Crippen LogP contribution in [0.1, 0.15) is 50.9 Å². The normalized spacial score (nSPS) is 12.0. The highest BCUT2D eigenvalue weighted by Gasteiger charge is 2.18. The number of nitrogens with zero attached hydrogens (tertiary/aromatic N) is 3. The molecule has 0 bridgehead atoms. The fourth-order valence-electron chi connectivity index (χ4n) is 4.29. The summed E-state index contributed by atoms with van der Waals surface area (Å²) in [5.41, 5.74) is 1.02. The molecule has 0 saturated heterocycles. The summed E-state index contributed by atoms with van der Waals surface area (Å²) in [6.07, 6.45) is -0.0418. The summed E-state index contributed by atoms with van der Waals surface area (Å²) in [5, 5.41) is 54.3. The van der Waals surface area contributed by atoms with Gasteiger partial charge < -0.3 is 49.8 Å². The van der Waals surface area contributed by atoms with Crippen LogP contribution in [0, 0.1) is 0 Å². The average Bonchev–Trinajstić information content (AvgIpc) is 3.11. The Labute approximate surface area is 291 Å². The number of hydrogen-bond acceptors (Lipinski definition) is 13.